The highest BCUT2D eigenvalue weighted by Gasteiger charge is 2.10. The van der Waals surface area contributed by atoms with Gasteiger partial charge in [0.25, 0.3) is 0 Å². The summed E-state index contributed by atoms with van der Waals surface area (Å²) in [6, 6.07) is 0. The molecule has 1 aromatic heterocycles. The first-order valence-electron chi connectivity index (χ1n) is 5.97. The molecule has 0 bridgehead atoms. The average molecular weight is 269 g/mol. The fraction of sp³-hybridized carbons (Fsp3) is 0.583. The third-order valence-corrected chi connectivity index (χ3v) is 3.22. The van der Waals surface area contributed by atoms with E-state index in [9.17, 15) is 4.79 Å². The summed E-state index contributed by atoms with van der Waals surface area (Å²) in [4.78, 5) is 18.6. The summed E-state index contributed by atoms with van der Waals surface area (Å²) in [6.45, 7) is 1.37. The van der Waals surface area contributed by atoms with Crippen LogP contribution in [0, 0.1) is 0 Å². The lowest BCUT2D eigenvalue weighted by Gasteiger charge is -2.06. The van der Waals surface area contributed by atoms with Gasteiger partial charge in [0.1, 0.15) is 11.9 Å². The van der Waals surface area contributed by atoms with Gasteiger partial charge < -0.3 is 10.4 Å². The van der Waals surface area contributed by atoms with E-state index >= 15 is 0 Å². The first-order valence-corrected chi connectivity index (χ1v) is 7.37. The third-order valence-electron chi connectivity index (χ3n) is 2.52. The Bertz CT molecular complexity index is 374. The minimum atomic E-state index is -0.979. The second-order valence-corrected chi connectivity index (χ2v) is 4.90. The molecular formula is C12H19N3O2S. The van der Waals surface area contributed by atoms with Crippen molar-refractivity contribution in [2.75, 3.05) is 18.6 Å². The van der Waals surface area contributed by atoms with Crippen LogP contribution in [0.15, 0.2) is 12.5 Å². The van der Waals surface area contributed by atoms with Crippen LogP contribution in [0.5, 0.6) is 0 Å². The maximum atomic E-state index is 10.9. The molecule has 0 amide bonds. The SMILES string of the molecule is CSCCCCCNCc1ncncc1C(=O)O. The van der Waals surface area contributed by atoms with Crippen LogP contribution in [0.4, 0.5) is 0 Å². The van der Waals surface area contributed by atoms with Gasteiger partial charge in [0.2, 0.25) is 0 Å². The largest absolute Gasteiger partial charge is 0.478 e. The molecule has 18 heavy (non-hydrogen) atoms. The lowest BCUT2D eigenvalue weighted by Crippen LogP contribution is -2.18. The number of carboxylic acids is 1. The molecule has 0 spiro atoms. The van der Waals surface area contributed by atoms with E-state index in [-0.39, 0.29) is 5.56 Å². The molecule has 0 saturated heterocycles. The van der Waals surface area contributed by atoms with Crippen molar-refractivity contribution in [1.29, 1.82) is 0 Å². The highest BCUT2D eigenvalue weighted by Crippen LogP contribution is 2.04. The van der Waals surface area contributed by atoms with Crippen LogP contribution in [-0.4, -0.2) is 39.6 Å². The predicted octanol–water partition coefficient (Wildman–Crippen LogP) is 1.80. The smallest absolute Gasteiger partial charge is 0.339 e. The summed E-state index contributed by atoms with van der Waals surface area (Å²) in [5.74, 6) is 0.224. The molecule has 0 aliphatic heterocycles. The van der Waals surface area contributed by atoms with Gasteiger partial charge in [0, 0.05) is 12.7 Å². The van der Waals surface area contributed by atoms with Gasteiger partial charge in [-0.05, 0) is 31.4 Å². The Morgan fingerprint density at radius 1 is 1.44 bits per heavy atom. The van der Waals surface area contributed by atoms with E-state index in [0.29, 0.717) is 12.2 Å². The van der Waals surface area contributed by atoms with E-state index in [0.717, 1.165) is 13.0 Å². The van der Waals surface area contributed by atoms with Gasteiger partial charge in [-0.1, -0.05) is 6.42 Å². The number of thioether (sulfide) groups is 1. The standard InChI is InChI=1S/C12H19N3O2S/c1-18-6-4-2-3-5-13-8-11-10(12(16)17)7-14-9-15-11/h7,9,13H,2-6,8H2,1H3,(H,16,17). The van der Waals surface area contributed by atoms with Crippen LogP contribution in [0.1, 0.15) is 35.3 Å². The Hall–Kier alpha value is -1.14. The topological polar surface area (TPSA) is 75.1 Å². The summed E-state index contributed by atoms with van der Waals surface area (Å²) in [6.07, 6.45) is 8.36. The Labute approximate surface area is 111 Å². The molecule has 1 rings (SSSR count). The molecule has 1 heterocycles. The monoisotopic (exact) mass is 269 g/mol. The van der Waals surface area contributed by atoms with Crippen molar-refractivity contribution in [2.24, 2.45) is 0 Å². The molecule has 0 atom stereocenters. The van der Waals surface area contributed by atoms with E-state index in [1.807, 2.05) is 11.8 Å². The molecule has 0 radical (unpaired) electrons. The van der Waals surface area contributed by atoms with E-state index in [1.165, 1.54) is 31.1 Å². The van der Waals surface area contributed by atoms with Crippen LogP contribution in [0.2, 0.25) is 0 Å². The van der Waals surface area contributed by atoms with Gasteiger partial charge in [-0.15, -0.1) is 0 Å². The molecule has 100 valence electrons. The maximum Gasteiger partial charge on any atom is 0.339 e. The molecule has 0 saturated carbocycles. The zero-order valence-electron chi connectivity index (χ0n) is 10.6. The van der Waals surface area contributed by atoms with E-state index < -0.39 is 5.97 Å². The third kappa shape index (κ3) is 5.46. The average Bonchev–Trinajstić information content (AvgIpc) is 2.38. The van der Waals surface area contributed by atoms with Crippen LogP contribution in [0.25, 0.3) is 0 Å². The number of rotatable bonds is 9. The number of nitrogens with zero attached hydrogens (tertiary/aromatic N) is 2. The zero-order valence-corrected chi connectivity index (χ0v) is 11.4. The number of unbranched alkanes of at least 4 members (excludes halogenated alkanes) is 2. The van der Waals surface area contributed by atoms with Gasteiger partial charge in [-0.25, -0.2) is 14.8 Å². The zero-order chi connectivity index (χ0) is 13.2. The van der Waals surface area contributed by atoms with Gasteiger partial charge in [-0.3, -0.25) is 0 Å². The molecular weight excluding hydrogens is 250 g/mol. The normalized spacial score (nSPS) is 10.5. The van der Waals surface area contributed by atoms with Crippen molar-refractivity contribution in [3.8, 4) is 0 Å². The fourth-order valence-electron chi connectivity index (χ4n) is 1.55. The first-order chi connectivity index (χ1) is 8.75. The summed E-state index contributed by atoms with van der Waals surface area (Å²) in [7, 11) is 0. The highest BCUT2D eigenvalue weighted by atomic mass is 32.2. The van der Waals surface area contributed by atoms with Crippen LogP contribution in [0.3, 0.4) is 0 Å². The van der Waals surface area contributed by atoms with Crippen molar-refractivity contribution in [3.63, 3.8) is 0 Å². The predicted molar refractivity (Wildman–Crippen MR) is 72.9 cm³/mol. The molecule has 0 aliphatic rings. The van der Waals surface area contributed by atoms with E-state index in [2.05, 4.69) is 21.5 Å². The number of hydrogen-bond donors (Lipinski definition) is 2. The Morgan fingerprint density at radius 3 is 3.00 bits per heavy atom. The number of carboxylic acid groups (broad SMARTS) is 1. The van der Waals surface area contributed by atoms with Gasteiger partial charge in [0.05, 0.1) is 5.69 Å². The minimum Gasteiger partial charge on any atom is -0.478 e. The Balaban J connectivity index is 2.25. The molecule has 5 nitrogen and oxygen atoms in total. The van der Waals surface area contributed by atoms with Crippen molar-refractivity contribution in [2.45, 2.75) is 25.8 Å². The first kappa shape index (κ1) is 14.9. The highest BCUT2D eigenvalue weighted by molar-refractivity contribution is 7.98. The Kier molecular flexibility index (Phi) is 7.36. The molecule has 0 fully saturated rings. The molecule has 0 aliphatic carbocycles. The lowest BCUT2D eigenvalue weighted by molar-refractivity contribution is 0.0694. The van der Waals surface area contributed by atoms with E-state index in [4.69, 9.17) is 5.11 Å². The fourth-order valence-corrected chi connectivity index (χ4v) is 2.05. The van der Waals surface area contributed by atoms with Crippen LogP contribution >= 0.6 is 11.8 Å². The molecule has 1 aromatic rings. The summed E-state index contributed by atoms with van der Waals surface area (Å²) < 4.78 is 0. The van der Waals surface area contributed by atoms with Gasteiger partial charge >= 0.3 is 5.97 Å². The number of aromatic nitrogens is 2. The number of hydrogen-bond acceptors (Lipinski definition) is 5. The number of nitrogens with one attached hydrogen (secondary N) is 1. The lowest BCUT2D eigenvalue weighted by atomic mass is 10.2. The molecule has 0 unspecified atom stereocenters. The van der Waals surface area contributed by atoms with Crippen LogP contribution < -0.4 is 5.32 Å². The second-order valence-electron chi connectivity index (χ2n) is 3.92. The quantitative estimate of drug-likeness (QED) is 0.666. The van der Waals surface area contributed by atoms with Gasteiger partial charge in [0.15, 0.2) is 0 Å². The van der Waals surface area contributed by atoms with Crippen LogP contribution in [-0.2, 0) is 6.54 Å². The summed E-state index contributed by atoms with van der Waals surface area (Å²) >= 11 is 1.86. The number of aromatic carboxylic acids is 1. The van der Waals surface area contributed by atoms with Crippen molar-refractivity contribution >= 4 is 17.7 Å². The second kappa shape index (κ2) is 8.88. The van der Waals surface area contributed by atoms with Gasteiger partial charge in [-0.2, -0.15) is 11.8 Å². The van der Waals surface area contributed by atoms with Crippen molar-refractivity contribution in [3.05, 3.63) is 23.8 Å². The van der Waals surface area contributed by atoms with E-state index in [1.54, 1.807) is 0 Å². The van der Waals surface area contributed by atoms with Crippen molar-refractivity contribution in [1.82, 2.24) is 15.3 Å². The maximum absolute atomic E-state index is 10.9. The van der Waals surface area contributed by atoms with Crippen molar-refractivity contribution < 1.29 is 9.90 Å². The number of carbonyl (C=O) groups is 1. The summed E-state index contributed by atoms with van der Waals surface area (Å²) in [5.41, 5.74) is 0.717. The molecule has 2 N–H and O–H groups in total. The molecule has 0 aromatic carbocycles. The molecule has 6 heteroatoms. The minimum absolute atomic E-state index is 0.174. The Morgan fingerprint density at radius 2 is 2.28 bits per heavy atom. The summed E-state index contributed by atoms with van der Waals surface area (Å²) in [5, 5.41) is 12.2.